The Kier molecular flexibility index (Phi) is 9.57. The quantitative estimate of drug-likeness (QED) is 0.291. The molecular formula is C20H32O8. The van der Waals surface area contributed by atoms with E-state index >= 15 is 0 Å². The number of hydrogen-bond donors (Lipinski definition) is 4. The number of rotatable bonds is 11. The minimum Gasteiger partial charge on any atom is -0.465 e. The zero-order valence-corrected chi connectivity index (χ0v) is 16.3. The SMILES string of the molecule is C[C@H](COC1O[C@H](CO)[C@@H](O)[C@H](O)[C@@H]1O)C(=O)OCCCCCC1=CC=CC1. The van der Waals surface area contributed by atoms with E-state index in [0.717, 1.165) is 32.1 Å². The van der Waals surface area contributed by atoms with Gasteiger partial charge in [0.1, 0.15) is 24.4 Å². The third-order valence-electron chi connectivity index (χ3n) is 5.00. The first-order valence-corrected chi connectivity index (χ1v) is 9.87. The van der Waals surface area contributed by atoms with Crippen molar-refractivity contribution in [1.82, 2.24) is 0 Å². The molecule has 1 heterocycles. The molecule has 1 unspecified atom stereocenters. The van der Waals surface area contributed by atoms with Crippen LogP contribution in [-0.2, 0) is 19.0 Å². The summed E-state index contributed by atoms with van der Waals surface area (Å²) in [5.41, 5.74) is 1.44. The van der Waals surface area contributed by atoms with Crippen molar-refractivity contribution in [3.05, 3.63) is 23.8 Å². The number of allylic oxidation sites excluding steroid dienone is 4. The maximum Gasteiger partial charge on any atom is 0.310 e. The molecule has 28 heavy (non-hydrogen) atoms. The third-order valence-corrected chi connectivity index (χ3v) is 5.00. The maximum absolute atomic E-state index is 12.0. The molecule has 2 aliphatic rings. The summed E-state index contributed by atoms with van der Waals surface area (Å²) in [5, 5.41) is 38.5. The summed E-state index contributed by atoms with van der Waals surface area (Å²) in [4.78, 5) is 12.0. The van der Waals surface area contributed by atoms with Gasteiger partial charge in [0.15, 0.2) is 6.29 Å². The third kappa shape index (κ3) is 6.65. The van der Waals surface area contributed by atoms with Gasteiger partial charge in [0.05, 0.1) is 25.7 Å². The number of ether oxygens (including phenoxy) is 3. The van der Waals surface area contributed by atoms with Crippen molar-refractivity contribution in [3.63, 3.8) is 0 Å². The van der Waals surface area contributed by atoms with Crippen molar-refractivity contribution in [3.8, 4) is 0 Å². The molecule has 0 amide bonds. The van der Waals surface area contributed by atoms with Gasteiger partial charge in [-0.05, 0) is 39.0 Å². The Morgan fingerprint density at radius 3 is 2.68 bits per heavy atom. The molecule has 160 valence electrons. The number of aliphatic hydroxyl groups is 4. The number of aliphatic hydroxyl groups excluding tert-OH is 4. The van der Waals surface area contributed by atoms with E-state index in [1.165, 1.54) is 5.57 Å². The molecule has 0 aromatic carbocycles. The highest BCUT2D eigenvalue weighted by molar-refractivity contribution is 5.72. The molecule has 6 atom stereocenters. The lowest BCUT2D eigenvalue weighted by Crippen LogP contribution is -2.59. The first-order valence-electron chi connectivity index (χ1n) is 9.87. The number of hydrogen-bond acceptors (Lipinski definition) is 8. The number of unbranched alkanes of at least 4 members (excludes halogenated alkanes) is 2. The van der Waals surface area contributed by atoms with Crippen molar-refractivity contribution in [1.29, 1.82) is 0 Å². The molecule has 0 bridgehead atoms. The highest BCUT2D eigenvalue weighted by atomic mass is 16.7. The van der Waals surface area contributed by atoms with Crippen LogP contribution in [0.4, 0.5) is 0 Å². The topological polar surface area (TPSA) is 126 Å². The van der Waals surface area contributed by atoms with Crippen LogP contribution in [0.5, 0.6) is 0 Å². The monoisotopic (exact) mass is 400 g/mol. The second kappa shape index (κ2) is 11.6. The van der Waals surface area contributed by atoms with Crippen LogP contribution in [0.2, 0.25) is 0 Å². The molecule has 2 rings (SSSR count). The first kappa shape index (κ1) is 23.0. The average Bonchev–Trinajstić information content (AvgIpc) is 3.21. The Balaban J connectivity index is 1.59. The van der Waals surface area contributed by atoms with Gasteiger partial charge in [-0.1, -0.05) is 23.8 Å². The van der Waals surface area contributed by atoms with Gasteiger partial charge in [0, 0.05) is 0 Å². The van der Waals surface area contributed by atoms with Crippen LogP contribution in [0.1, 0.15) is 39.0 Å². The fourth-order valence-corrected chi connectivity index (χ4v) is 3.14. The van der Waals surface area contributed by atoms with E-state index in [2.05, 4.69) is 18.2 Å². The number of carbonyl (C=O) groups excluding carboxylic acids is 1. The molecule has 1 fully saturated rings. The predicted octanol–water partition coefficient (Wildman–Crippen LogP) is 0.429. The van der Waals surface area contributed by atoms with Gasteiger partial charge in [-0.2, -0.15) is 0 Å². The lowest BCUT2D eigenvalue weighted by atomic mass is 9.99. The normalized spacial score (nSPS) is 30.9. The van der Waals surface area contributed by atoms with Gasteiger partial charge >= 0.3 is 5.97 Å². The molecule has 8 heteroatoms. The Labute approximate surface area is 165 Å². The second-order valence-electron chi connectivity index (χ2n) is 7.37. The van der Waals surface area contributed by atoms with E-state index in [1.807, 2.05) is 0 Å². The number of esters is 1. The van der Waals surface area contributed by atoms with Gasteiger partial charge in [-0.25, -0.2) is 0 Å². The molecule has 0 aromatic heterocycles. The van der Waals surface area contributed by atoms with E-state index < -0.39 is 49.2 Å². The fourth-order valence-electron chi connectivity index (χ4n) is 3.14. The molecule has 1 saturated heterocycles. The minimum atomic E-state index is -1.51. The molecule has 0 radical (unpaired) electrons. The molecule has 1 aliphatic carbocycles. The van der Waals surface area contributed by atoms with Gasteiger partial charge in [0.2, 0.25) is 0 Å². The Morgan fingerprint density at radius 1 is 1.21 bits per heavy atom. The van der Waals surface area contributed by atoms with E-state index in [1.54, 1.807) is 6.92 Å². The summed E-state index contributed by atoms with van der Waals surface area (Å²) in [5.74, 6) is -0.991. The van der Waals surface area contributed by atoms with Crippen molar-refractivity contribution < 1.29 is 39.4 Å². The van der Waals surface area contributed by atoms with Crippen LogP contribution in [0.3, 0.4) is 0 Å². The fraction of sp³-hybridized carbons (Fsp3) is 0.750. The Morgan fingerprint density at radius 2 is 2.00 bits per heavy atom. The summed E-state index contributed by atoms with van der Waals surface area (Å²) in [6.45, 7) is 1.37. The summed E-state index contributed by atoms with van der Waals surface area (Å²) < 4.78 is 15.8. The zero-order chi connectivity index (χ0) is 20.5. The van der Waals surface area contributed by atoms with E-state index in [-0.39, 0.29) is 6.61 Å². The van der Waals surface area contributed by atoms with Crippen molar-refractivity contribution in [2.45, 2.75) is 69.7 Å². The highest BCUT2D eigenvalue weighted by Gasteiger charge is 2.44. The zero-order valence-electron chi connectivity index (χ0n) is 16.3. The summed E-state index contributed by atoms with van der Waals surface area (Å²) in [6.07, 6.45) is 4.63. The van der Waals surface area contributed by atoms with E-state index in [4.69, 9.17) is 19.3 Å². The predicted molar refractivity (Wildman–Crippen MR) is 100 cm³/mol. The van der Waals surface area contributed by atoms with Crippen LogP contribution < -0.4 is 0 Å². The summed E-state index contributed by atoms with van der Waals surface area (Å²) in [6, 6.07) is 0. The van der Waals surface area contributed by atoms with E-state index in [0.29, 0.717) is 6.61 Å². The minimum absolute atomic E-state index is 0.0807. The van der Waals surface area contributed by atoms with Crippen molar-refractivity contribution in [2.75, 3.05) is 19.8 Å². The molecular weight excluding hydrogens is 368 g/mol. The summed E-state index contributed by atoms with van der Waals surface area (Å²) in [7, 11) is 0. The van der Waals surface area contributed by atoms with Gasteiger partial charge < -0.3 is 34.6 Å². The van der Waals surface area contributed by atoms with Crippen molar-refractivity contribution in [2.24, 2.45) is 5.92 Å². The van der Waals surface area contributed by atoms with Crippen LogP contribution in [0.15, 0.2) is 23.8 Å². The van der Waals surface area contributed by atoms with Crippen molar-refractivity contribution >= 4 is 5.97 Å². The standard InChI is InChI=1S/C20H32O8/c1-13(12-27-20-18(24)17(23)16(22)15(11-21)28-20)19(25)26-10-6-2-3-7-14-8-4-5-9-14/h4-5,8,13,15-18,20-24H,2-3,6-7,9-12H2,1H3/t13-,15-,16-,17+,18+,20?/m1/s1. The van der Waals surface area contributed by atoms with E-state index in [9.17, 15) is 20.1 Å². The Hall–Kier alpha value is -1.29. The smallest absolute Gasteiger partial charge is 0.310 e. The molecule has 0 saturated carbocycles. The second-order valence-corrected chi connectivity index (χ2v) is 7.37. The summed E-state index contributed by atoms with van der Waals surface area (Å²) >= 11 is 0. The highest BCUT2D eigenvalue weighted by Crippen LogP contribution is 2.22. The largest absolute Gasteiger partial charge is 0.465 e. The molecule has 4 N–H and O–H groups in total. The first-order chi connectivity index (χ1) is 13.4. The van der Waals surface area contributed by atoms with Crippen LogP contribution >= 0.6 is 0 Å². The van der Waals surface area contributed by atoms with Gasteiger partial charge in [-0.15, -0.1) is 0 Å². The molecule has 0 aromatic rings. The van der Waals surface area contributed by atoms with Gasteiger partial charge in [-0.3, -0.25) is 4.79 Å². The average molecular weight is 400 g/mol. The van der Waals surface area contributed by atoms with Gasteiger partial charge in [0.25, 0.3) is 0 Å². The molecule has 1 aliphatic heterocycles. The molecule has 0 spiro atoms. The lowest BCUT2D eigenvalue weighted by Gasteiger charge is -2.39. The van der Waals surface area contributed by atoms with Crippen LogP contribution in [0, 0.1) is 5.92 Å². The lowest BCUT2D eigenvalue weighted by molar-refractivity contribution is -0.302. The van der Waals surface area contributed by atoms with Crippen LogP contribution in [-0.4, -0.2) is 76.9 Å². The Bertz CT molecular complexity index is 544. The molecule has 8 nitrogen and oxygen atoms in total. The maximum atomic E-state index is 12.0. The number of carbonyl (C=O) groups is 1. The van der Waals surface area contributed by atoms with Crippen LogP contribution in [0.25, 0.3) is 0 Å².